The second-order valence-electron chi connectivity index (χ2n) is 6.24. The van der Waals surface area contributed by atoms with Crippen LogP contribution in [0.15, 0.2) is 24.3 Å². The lowest BCUT2D eigenvalue weighted by atomic mass is 9.83. The third kappa shape index (κ3) is 3.44. The molecule has 21 heavy (non-hydrogen) atoms. The van der Waals surface area contributed by atoms with Gasteiger partial charge in [-0.1, -0.05) is 18.2 Å². The molecule has 2 saturated heterocycles. The van der Waals surface area contributed by atoms with E-state index in [1.807, 2.05) is 19.1 Å². The number of halogens is 1. The summed E-state index contributed by atoms with van der Waals surface area (Å²) in [4.78, 5) is 0. The molecule has 1 N–H and O–H groups in total. The Hall–Kier alpha value is -0.970. The van der Waals surface area contributed by atoms with Gasteiger partial charge in [0.05, 0.1) is 5.60 Å². The highest BCUT2D eigenvalue weighted by Crippen LogP contribution is 2.35. The molecule has 1 aromatic rings. The fourth-order valence-corrected chi connectivity index (χ4v) is 3.53. The van der Waals surface area contributed by atoms with E-state index in [4.69, 9.17) is 9.47 Å². The Balaban J connectivity index is 1.63. The molecule has 0 aliphatic carbocycles. The minimum atomic E-state index is -0.134. The highest BCUT2D eigenvalue weighted by molar-refractivity contribution is 5.20. The zero-order valence-corrected chi connectivity index (χ0v) is 12.6. The maximum atomic E-state index is 13.9. The van der Waals surface area contributed by atoms with E-state index < -0.39 is 0 Å². The van der Waals surface area contributed by atoms with Crippen LogP contribution in [0.4, 0.5) is 4.39 Å². The van der Waals surface area contributed by atoms with E-state index in [0.717, 1.165) is 51.1 Å². The zero-order chi connectivity index (χ0) is 14.7. The van der Waals surface area contributed by atoms with Crippen molar-refractivity contribution in [2.24, 2.45) is 0 Å². The minimum Gasteiger partial charge on any atom is -0.381 e. The van der Waals surface area contributed by atoms with Crippen LogP contribution in [0.1, 0.15) is 44.2 Å². The lowest BCUT2D eigenvalue weighted by molar-refractivity contribution is -0.140. The first-order valence-corrected chi connectivity index (χ1v) is 7.91. The molecule has 4 heteroatoms. The first-order valence-electron chi connectivity index (χ1n) is 7.91. The van der Waals surface area contributed by atoms with Crippen LogP contribution in [-0.2, 0) is 9.47 Å². The summed E-state index contributed by atoms with van der Waals surface area (Å²) < 4.78 is 25.4. The Morgan fingerprint density at radius 2 is 2.00 bits per heavy atom. The molecular weight excluding hydrogens is 269 g/mol. The van der Waals surface area contributed by atoms with Crippen LogP contribution in [0.3, 0.4) is 0 Å². The lowest BCUT2D eigenvalue weighted by Gasteiger charge is -2.44. The quantitative estimate of drug-likeness (QED) is 0.928. The molecule has 2 atom stereocenters. The Labute approximate surface area is 125 Å². The Bertz CT molecular complexity index is 468. The van der Waals surface area contributed by atoms with Gasteiger partial charge in [-0.05, 0) is 38.7 Å². The molecule has 0 amide bonds. The first-order chi connectivity index (χ1) is 10.2. The first kappa shape index (κ1) is 14.9. The molecule has 0 bridgehead atoms. The molecule has 1 aromatic carbocycles. The summed E-state index contributed by atoms with van der Waals surface area (Å²) in [5.74, 6) is -0.134. The fraction of sp³-hybridized carbons (Fsp3) is 0.647. The van der Waals surface area contributed by atoms with Crippen molar-refractivity contribution in [3.8, 4) is 0 Å². The van der Waals surface area contributed by atoms with Crippen LogP contribution in [0.25, 0.3) is 0 Å². The normalized spacial score (nSPS) is 26.7. The standard InChI is InChI=1S/C17H24FNO2/c1-13(15-4-2-3-5-16(15)18)19-14-6-9-21-17(12-14)7-10-20-11-8-17/h2-5,13-14,19H,6-12H2,1H3/t13-,14?/m1/s1. The third-order valence-electron chi connectivity index (χ3n) is 4.75. The molecule has 2 aliphatic rings. The van der Waals surface area contributed by atoms with Gasteiger partial charge in [-0.2, -0.15) is 0 Å². The van der Waals surface area contributed by atoms with Crippen molar-refractivity contribution in [1.82, 2.24) is 5.32 Å². The van der Waals surface area contributed by atoms with Gasteiger partial charge >= 0.3 is 0 Å². The Kier molecular flexibility index (Phi) is 4.57. The number of benzene rings is 1. The fourth-order valence-electron chi connectivity index (χ4n) is 3.53. The molecule has 0 radical (unpaired) electrons. The Morgan fingerprint density at radius 3 is 2.76 bits per heavy atom. The molecule has 3 rings (SSSR count). The predicted octanol–water partition coefficient (Wildman–Crippen LogP) is 3.20. The summed E-state index contributed by atoms with van der Waals surface area (Å²) in [7, 11) is 0. The zero-order valence-electron chi connectivity index (χ0n) is 12.6. The highest BCUT2D eigenvalue weighted by atomic mass is 19.1. The van der Waals surface area contributed by atoms with E-state index in [1.165, 1.54) is 6.07 Å². The monoisotopic (exact) mass is 293 g/mol. The number of ether oxygens (including phenoxy) is 2. The number of nitrogens with one attached hydrogen (secondary N) is 1. The Morgan fingerprint density at radius 1 is 1.24 bits per heavy atom. The van der Waals surface area contributed by atoms with E-state index in [9.17, 15) is 4.39 Å². The number of hydrogen-bond acceptors (Lipinski definition) is 3. The molecule has 2 heterocycles. The van der Waals surface area contributed by atoms with E-state index >= 15 is 0 Å². The molecule has 1 unspecified atom stereocenters. The van der Waals surface area contributed by atoms with Crippen molar-refractivity contribution >= 4 is 0 Å². The van der Waals surface area contributed by atoms with Crippen molar-refractivity contribution in [2.45, 2.75) is 50.3 Å². The molecule has 0 saturated carbocycles. The summed E-state index contributed by atoms with van der Waals surface area (Å²) in [5.41, 5.74) is 0.716. The van der Waals surface area contributed by atoms with Gasteiger partial charge in [-0.3, -0.25) is 0 Å². The summed E-state index contributed by atoms with van der Waals surface area (Å²) in [6, 6.07) is 7.41. The molecule has 2 aliphatic heterocycles. The number of hydrogen-bond donors (Lipinski definition) is 1. The SMILES string of the molecule is C[C@@H](NC1CCOC2(CCOCC2)C1)c1ccccc1F. The maximum absolute atomic E-state index is 13.9. The van der Waals surface area contributed by atoms with Crippen LogP contribution < -0.4 is 5.32 Å². The van der Waals surface area contributed by atoms with Gasteiger partial charge in [-0.15, -0.1) is 0 Å². The number of rotatable bonds is 3. The van der Waals surface area contributed by atoms with Gasteiger partial charge < -0.3 is 14.8 Å². The second-order valence-corrected chi connectivity index (χ2v) is 6.24. The van der Waals surface area contributed by atoms with Crippen LogP contribution >= 0.6 is 0 Å². The summed E-state index contributed by atoms with van der Waals surface area (Å²) >= 11 is 0. The average Bonchev–Trinajstić information content (AvgIpc) is 2.48. The van der Waals surface area contributed by atoms with Gasteiger partial charge in [-0.25, -0.2) is 4.39 Å². The summed E-state index contributed by atoms with van der Waals surface area (Å²) in [6.07, 6.45) is 3.93. The van der Waals surface area contributed by atoms with Crippen molar-refractivity contribution in [2.75, 3.05) is 19.8 Å². The van der Waals surface area contributed by atoms with Crippen molar-refractivity contribution in [3.05, 3.63) is 35.6 Å². The van der Waals surface area contributed by atoms with Crippen molar-refractivity contribution < 1.29 is 13.9 Å². The molecule has 1 spiro atoms. The maximum Gasteiger partial charge on any atom is 0.127 e. The van der Waals surface area contributed by atoms with Gasteiger partial charge in [0.2, 0.25) is 0 Å². The van der Waals surface area contributed by atoms with Crippen LogP contribution in [0, 0.1) is 5.82 Å². The summed E-state index contributed by atoms with van der Waals surface area (Å²) in [6.45, 7) is 4.39. The minimum absolute atomic E-state index is 0.0196. The molecule has 3 nitrogen and oxygen atoms in total. The largest absolute Gasteiger partial charge is 0.381 e. The smallest absolute Gasteiger partial charge is 0.127 e. The van der Waals surface area contributed by atoms with Crippen LogP contribution in [0.5, 0.6) is 0 Å². The topological polar surface area (TPSA) is 30.5 Å². The van der Waals surface area contributed by atoms with Gasteiger partial charge in [0.15, 0.2) is 0 Å². The lowest BCUT2D eigenvalue weighted by Crippen LogP contribution is -2.50. The average molecular weight is 293 g/mol. The van der Waals surface area contributed by atoms with Gasteiger partial charge in [0.25, 0.3) is 0 Å². The predicted molar refractivity (Wildman–Crippen MR) is 79.7 cm³/mol. The van der Waals surface area contributed by atoms with E-state index in [0.29, 0.717) is 6.04 Å². The molecule has 0 aromatic heterocycles. The van der Waals surface area contributed by atoms with Crippen LogP contribution in [0.2, 0.25) is 0 Å². The molecule has 116 valence electrons. The van der Waals surface area contributed by atoms with E-state index in [1.54, 1.807) is 6.07 Å². The third-order valence-corrected chi connectivity index (χ3v) is 4.75. The van der Waals surface area contributed by atoms with E-state index in [2.05, 4.69) is 5.32 Å². The van der Waals surface area contributed by atoms with Gasteiger partial charge in [0.1, 0.15) is 5.82 Å². The highest BCUT2D eigenvalue weighted by Gasteiger charge is 2.39. The van der Waals surface area contributed by atoms with E-state index in [-0.39, 0.29) is 17.5 Å². The molecule has 2 fully saturated rings. The molecular formula is C17H24FNO2. The second kappa shape index (κ2) is 6.42. The van der Waals surface area contributed by atoms with Gasteiger partial charge in [0, 0.05) is 37.5 Å². The van der Waals surface area contributed by atoms with Crippen molar-refractivity contribution in [1.29, 1.82) is 0 Å². The summed E-state index contributed by atoms with van der Waals surface area (Å²) in [5, 5.41) is 3.59. The van der Waals surface area contributed by atoms with Crippen molar-refractivity contribution in [3.63, 3.8) is 0 Å². The van der Waals surface area contributed by atoms with Crippen LogP contribution in [-0.4, -0.2) is 31.5 Å².